The summed E-state index contributed by atoms with van der Waals surface area (Å²) < 4.78 is 12.2. The van der Waals surface area contributed by atoms with Crippen LogP contribution in [0.15, 0.2) is 18.3 Å². The molecular weight excluding hydrogens is 404 g/mol. The Labute approximate surface area is 190 Å². The van der Waals surface area contributed by atoms with E-state index in [1.165, 1.54) is 22.0 Å². The van der Waals surface area contributed by atoms with Crippen molar-refractivity contribution in [2.24, 2.45) is 11.8 Å². The molecule has 1 saturated carbocycles. The van der Waals surface area contributed by atoms with E-state index in [1.807, 2.05) is 6.20 Å². The van der Waals surface area contributed by atoms with E-state index in [1.54, 1.807) is 7.11 Å². The average Bonchev–Trinajstić information content (AvgIpc) is 3.47. The van der Waals surface area contributed by atoms with Crippen LogP contribution in [0.2, 0.25) is 0 Å². The third-order valence-corrected chi connectivity index (χ3v) is 8.45. The molecule has 32 heavy (non-hydrogen) atoms. The van der Waals surface area contributed by atoms with Crippen LogP contribution in [-0.2, 0) is 16.1 Å². The van der Waals surface area contributed by atoms with Gasteiger partial charge in [-0.1, -0.05) is 0 Å². The lowest BCUT2D eigenvalue weighted by Crippen LogP contribution is -2.53. The monoisotopic (exact) mass is 440 g/mol. The number of likely N-dealkylation sites (tertiary alicyclic amines) is 1. The van der Waals surface area contributed by atoms with E-state index >= 15 is 0 Å². The summed E-state index contributed by atoms with van der Waals surface area (Å²) in [4.78, 5) is 17.5. The number of carbonyl (C=O) groups is 1. The number of rotatable bonds is 5. The Hall–Kier alpha value is -2.05. The molecule has 1 aromatic heterocycles. The van der Waals surface area contributed by atoms with E-state index in [0.717, 1.165) is 76.8 Å². The quantitative estimate of drug-likeness (QED) is 0.692. The highest BCUT2D eigenvalue weighted by atomic mass is 16.5. The number of aromatic amines is 1. The Morgan fingerprint density at radius 2 is 2.12 bits per heavy atom. The van der Waals surface area contributed by atoms with Gasteiger partial charge in [-0.05, 0) is 81.9 Å². The van der Waals surface area contributed by atoms with Gasteiger partial charge in [0.1, 0.15) is 5.75 Å². The number of benzene rings is 1. The number of ether oxygens (including phenoxy) is 2. The first-order valence-electron chi connectivity index (χ1n) is 12.2. The van der Waals surface area contributed by atoms with Crippen molar-refractivity contribution in [3.05, 3.63) is 29.5 Å². The van der Waals surface area contributed by atoms with E-state index in [2.05, 4.69) is 28.9 Å². The highest BCUT2D eigenvalue weighted by molar-refractivity contribution is 5.88. The molecule has 2 N–H and O–H groups in total. The van der Waals surface area contributed by atoms with Gasteiger partial charge in [-0.15, -0.1) is 0 Å². The lowest BCUT2D eigenvalue weighted by Gasteiger charge is -2.49. The molecule has 5 rings (SSSR count). The minimum Gasteiger partial charge on any atom is -0.496 e. The molecule has 2 saturated heterocycles. The molecule has 6 heteroatoms. The first-order valence-corrected chi connectivity index (χ1v) is 12.2. The van der Waals surface area contributed by atoms with Gasteiger partial charge < -0.3 is 19.6 Å². The number of hydrogen-bond acceptors (Lipinski definition) is 4. The Balaban J connectivity index is 1.43. The standard InChI is InChI=1S/C26H36N2O4/c1-17-14-23(31-2)21(20-8-11-27-24(17)20)16-28-12-10-26(9-3-13-32-26)15-22(28)18-4-6-19(7-5-18)25(29)30/h8,11,14,18-19,22,27H,3-7,9-10,12-13,15-16H2,1-2H3,(H,29,30)/t18?,19?,22-,26?/m0/s1. The first kappa shape index (κ1) is 21.8. The van der Waals surface area contributed by atoms with Crippen LogP contribution in [0, 0.1) is 18.8 Å². The Morgan fingerprint density at radius 3 is 2.81 bits per heavy atom. The highest BCUT2D eigenvalue weighted by Gasteiger charge is 2.46. The maximum atomic E-state index is 11.5. The van der Waals surface area contributed by atoms with Crippen molar-refractivity contribution in [3.8, 4) is 5.75 Å². The summed E-state index contributed by atoms with van der Waals surface area (Å²) in [5.74, 6) is 0.695. The summed E-state index contributed by atoms with van der Waals surface area (Å²) in [6.07, 6.45) is 10.1. The minimum absolute atomic E-state index is 0.0333. The molecule has 2 aromatic rings. The van der Waals surface area contributed by atoms with Crippen LogP contribution in [0.1, 0.15) is 62.5 Å². The fourth-order valence-electron chi connectivity index (χ4n) is 6.63. The molecule has 1 aromatic carbocycles. The van der Waals surface area contributed by atoms with Gasteiger partial charge >= 0.3 is 5.97 Å². The third-order valence-electron chi connectivity index (χ3n) is 8.45. The van der Waals surface area contributed by atoms with E-state index in [9.17, 15) is 9.90 Å². The van der Waals surface area contributed by atoms with Crippen molar-refractivity contribution in [2.75, 3.05) is 20.3 Å². The molecule has 2 atom stereocenters. The molecule has 3 heterocycles. The number of nitrogens with one attached hydrogen (secondary N) is 1. The van der Waals surface area contributed by atoms with E-state index in [0.29, 0.717) is 12.0 Å². The van der Waals surface area contributed by atoms with Crippen LogP contribution in [-0.4, -0.2) is 52.9 Å². The number of hydrogen-bond donors (Lipinski definition) is 2. The number of aryl methyl sites for hydroxylation is 1. The number of nitrogens with zero attached hydrogens (tertiary/aromatic N) is 1. The van der Waals surface area contributed by atoms with Crippen molar-refractivity contribution in [2.45, 2.75) is 76.5 Å². The molecular formula is C26H36N2O4. The molecule has 3 aliphatic rings. The molecule has 1 unspecified atom stereocenters. The summed E-state index contributed by atoms with van der Waals surface area (Å²) in [6, 6.07) is 4.74. The van der Waals surface area contributed by atoms with Gasteiger partial charge in [0.05, 0.1) is 18.6 Å². The maximum Gasteiger partial charge on any atom is 0.306 e. The summed E-state index contributed by atoms with van der Waals surface area (Å²) in [5.41, 5.74) is 3.67. The van der Waals surface area contributed by atoms with Crippen molar-refractivity contribution >= 4 is 16.9 Å². The summed E-state index contributed by atoms with van der Waals surface area (Å²) in [7, 11) is 1.76. The van der Waals surface area contributed by atoms with E-state index < -0.39 is 5.97 Å². The first-order chi connectivity index (χ1) is 15.5. The number of fused-ring (bicyclic) bond motifs is 1. The van der Waals surface area contributed by atoms with Gasteiger partial charge in [0.25, 0.3) is 0 Å². The van der Waals surface area contributed by atoms with Gasteiger partial charge in [0.15, 0.2) is 0 Å². The molecule has 174 valence electrons. The molecule has 0 amide bonds. The van der Waals surface area contributed by atoms with Crippen molar-refractivity contribution in [1.82, 2.24) is 9.88 Å². The number of carboxylic acid groups (broad SMARTS) is 1. The van der Waals surface area contributed by atoms with Gasteiger partial charge in [0, 0.05) is 48.4 Å². The van der Waals surface area contributed by atoms with Gasteiger partial charge in [-0.3, -0.25) is 9.69 Å². The predicted octanol–water partition coefficient (Wildman–Crippen LogP) is 4.89. The van der Waals surface area contributed by atoms with Crippen LogP contribution in [0.25, 0.3) is 10.9 Å². The number of carboxylic acids is 1. The van der Waals surface area contributed by atoms with Crippen LogP contribution in [0.5, 0.6) is 5.75 Å². The van der Waals surface area contributed by atoms with Crippen molar-refractivity contribution < 1.29 is 19.4 Å². The molecule has 6 nitrogen and oxygen atoms in total. The number of H-pyrrole nitrogens is 1. The van der Waals surface area contributed by atoms with Crippen LogP contribution in [0.3, 0.4) is 0 Å². The summed E-state index contributed by atoms with van der Waals surface area (Å²) in [6.45, 7) is 4.88. The Kier molecular flexibility index (Phi) is 5.93. The lowest BCUT2D eigenvalue weighted by molar-refractivity contribution is -0.143. The molecule has 0 bridgehead atoms. The fraction of sp³-hybridized carbons (Fsp3) is 0.654. The van der Waals surface area contributed by atoms with Crippen LogP contribution >= 0.6 is 0 Å². The zero-order valence-electron chi connectivity index (χ0n) is 19.4. The van der Waals surface area contributed by atoms with Gasteiger partial charge in [0.2, 0.25) is 0 Å². The molecule has 1 spiro atoms. The van der Waals surface area contributed by atoms with Gasteiger partial charge in [-0.25, -0.2) is 0 Å². The smallest absolute Gasteiger partial charge is 0.306 e. The lowest BCUT2D eigenvalue weighted by atomic mass is 9.72. The third kappa shape index (κ3) is 3.92. The average molecular weight is 441 g/mol. The zero-order valence-corrected chi connectivity index (χ0v) is 19.4. The second kappa shape index (κ2) is 8.71. The second-order valence-electron chi connectivity index (χ2n) is 10.2. The second-order valence-corrected chi connectivity index (χ2v) is 10.2. The van der Waals surface area contributed by atoms with Crippen LogP contribution < -0.4 is 4.74 Å². The van der Waals surface area contributed by atoms with E-state index in [4.69, 9.17) is 9.47 Å². The predicted molar refractivity (Wildman–Crippen MR) is 124 cm³/mol. The zero-order chi connectivity index (χ0) is 22.3. The van der Waals surface area contributed by atoms with Crippen molar-refractivity contribution in [3.63, 3.8) is 0 Å². The molecule has 0 radical (unpaired) electrons. The summed E-state index contributed by atoms with van der Waals surface area (Å²) in [5, 5.41) is 10.7. The largest absolute Gasteiger partial charge is 0.496 e. The van der Waals surface area contributed by atoms with Crippen molar-refractivity contribution in [1.29, 1.82) is 0 Å². The Bertz CT molecular complexity index is 970. The molecule has 3 fully saturated rings. The maximum absolute atomic E-state index is 11.5. The van der Waals surface area contributed by atoms with E-state index in [-0.39, 0.29) is 11.5 Å². The topological polar surface area (TPSA) is 74.8 Å². The van der Waals surface area contributed by atoms with Crippen LogP contribution in [0.4, 0.5) is 0 Å². The van der Waals surface area contributed by atoms with Gasteiger partial charge in [-0.2, -0.15) is 0 Å². The number of piperidine rings is 1. The number of methoxy groups -OCH3 is 1. The normalized spacial score (nSPS) is 31.4. The Morgan fingerprint density at radius 1 is 1.31 bits per heavy atom. The fourth-order valence-corrected chi connectivity index (χ4v) is 6.63. The molecule has 2 aliphatic heterocycles. The summed E-state index contributed by atoms with van der Waals surface area (Å²) >= 11 is 0. The minimum atomic E-state index is -0.626. The number of aromatic nitrogens is 1. The highest BCUT2D eigenvalue weighted by Crippen LogP contribution is 2.45. The molecule has 1 aliphatic carbocycles. The SMILES string of the molecule is COc1cc(C)c2[nH]ccc2c1CN1CCC2(CCCO2)C[C@H]1C1CCC(C(=O)O)CC1. The number of aliphatic carboxylic acids is 1.